The van der Waals surface area contributed by atoms with Crippen molar-refractivity contribution in [3.8, 4) is 32.8 Å². The van der Waals surface area contributed by atoms with Crippen molar-refractivity contribution in [3.63, 3.8) is 0 Å². The largest absolute Gasteiger partial charge is 0.236 e. The van der Waals surface area contributed by atoms with Gasteiger partial charge in [0.25, 0.3) is 0 Å². The van der Waals surface area contributed by atoms with Crippen LogP contribution in [-0.4, -0.2) is 4.98 Å². The third kappa shape index (κ3) is 3.16. The molecule has 0 aliphatic heterocycles. The summed E-state index contributed by atoms with van der Waals surface area (Å²) in [5.41, 5.74) is 7.16. The van der Waals surface area contributed by atoms with Gasteiger partial charge < -0.3 is 0 Å². The van der Waals surface area contributed by atoms with E-state index in [0.717, 1.165) is 10.5 Å². The Morgan fingerprint density at radius 3 is 1.81 bits per heavy atom. The first kappa shape index (κ1) is 16.0. The molecule has 0 atom stereocenters. The number of hydrogen-bond acceptors (Lipinski definition) is 2. The number of rotatable bonds is 3. The van der Waals surface area contributed by atoms with Crippen molar-refractivity contribution in [1.82, 2.24) is 4.98 Å². The molecule has 0 bridgehead atoms. The zero-order valence-corrected chi connectivity index (χ0v) is 15.5. The topological polar surface area (TPSA) is 12.9 Å². The summed E-state index contributed by atoms with van der Waals surface area (Å²) in [6, 6.07) is 36.2. The van der Waals surface area contributed by atoms with E-state index < -0.39 is 0 Å². The fourth-order valence-corrected chi connectivity index (χ4v) is 4.28. The van der Waals surface area contributed by atoms with Crippen molar-refractivity contribution >= 4 is 21.6 Å². The van der Waals surface area contributed by atoms with Gasteiger partial charge in [-0.2, -0.15) is 0 Å². The Morgan fingerprint density at radius 1 is 0.481 bits per heavy atom. The van der Waals surface area contributed by atoms with Gasteiger partial charge in [0.05, 0.1) is 10.2 Å². The summed E-state index contributed by atoms with van der Waals surface area (Å²) in [5, 5.41) is 1.07. The maximum atomic E-state index is 4.76. The first-order valence-corrected chi connectivity index (χ1v) is 9.80. The van der Waals surface area contributed by atoms with Crippen molar-refractivity contribution in [2.24, 2.45) is 0 Å². The van der Waals surface area contributed by atoms with E-state index in [0.29, 0.717) is 0 Å². The minimum atomic E-state index is 1.07. The Labute approximate surface area is 162 Å². The molecule has 0 fully saturated rings. The Morgan fingerprint density at radius 2 is 1.07 bits per heavy atom. The lowest BCUT2D eigenvalue weighted by atomic mass is 9.98. The van der Waals surface area contributed by atoms with Crippen molar-refractivity contribution in [3.05, 3.63) is 103 Å². The highest BCUT2D eigenvalue weighted by atomic mass is 32.1. The monoisotopic (exact) mass is 363 g/mol. The molecular weight excluding hydrogens is 346 g/mol. The van der Waals surface area contributed by atoms with Crippen molar-refractivity contribution in [2.45, 2.75) is 0 Å². The Kier molecular flexibility index (Phi) is 4.04. The van der Waals surface area contributed by atoms with Crippen LogP contribution in [0.25, 0.3) is 43.0 Å². The van der Waals surface area contributed by atoms with E-state index in [1.54, 1.807) is 11.3 Å². The molecule has 5 rings (SSSR count). The normalized spacial score (nSPS) is 11.0. The number of nitrogens with zero attached hydrogens (tertiary/aromatic N) is 1. The van der Waals surface area contributed by atoms with Gasteiger partial charge in [-0.05, 0) is 40.5 Å². The van der Waals surface area contributed by atoms with Crippen LogP contribution in [0.15, 0.2) is 103 Å². The molecule has 0 amide bonds. The molecule has 0 saturated heterocycles. The molecule has 0 aliphatic rings. The summed E-state index contributed by atoms with van der Waals surface area (Å²) in [5.74, 6) is 0. The van der Waals surface area contributed by atoms with Crippen molar-refractivity contribution < 1.29 is 0 Å². The van der Waals surface area contributed by atoms with Crippen LogP contribution >= 0.6 is 11.3 Å². The van der Waals surface area contributed by atoms with Gasteiger partial charge in [0, 0.05) is 5.56 Å². The molecule has 0 N–H and O–H groups in total. The number of benzene rings is 4. The highest BCUT2D eigenvalue weighted by Gasteiger charge is 2.07. The van der Waals surface area contributed by atoms with Gasteiger partial charge in [-0.15, -0.1) is 11.3 Å². The molecule has 5 aromatic rings. The summed E-state index contributed by atoms with van der Waals surface area (Å²) in [4.78, 5) is 4.76. The van der Waals surface area contributed by atoms with Crippen LogP contribution in [0.5, 0.6) is 0 Å². The average Bonchev–Trinajstić information content (AvgIpc) is 3.19. The fourth-order valence-electron chi connectivity index (χ4n) is 3.31. The van der Waals surface area contributed by atoms with Gasteiger partial charge in [-0.25, -0.2) is 4.98 Å². The molecule has 128 valence electrons. The predicted molar refractivity (Wildman–Crippen MR) is 116 cm³/mol. The van der Waals surface area contributed by atoms with E-state index in [9.17, 15) is 0 Å². The highest BCUT2D eigenvalue weighted by Crippen LogP contribution is 2.32. The summed E-state index contributed by atoms with van der Waals surface area (Å²) >= 11 is 1.74. The maximum absolute atomic E-state index is 4.76. The molecule has 1 nitrogen and oxygen atoms in total. The molecule has 0 radical (unpaired) electrons. The third-order valence-corrected chi connectivity index (χ3v) is 5.81. The second-order valence-electron chi connectivity index (χ2n) is 6.51. The van der Waals surface area contributed by atoms with Gasteiger partial charge >= 0.3 is 0 Å². The van der Waals surface area contributed by atoms with E-state index in [1.165, 1.54) is 32.5 Å². The van der Waals surface area contributed by atoms with Gasteiger partial charge in [-0.1, -0.05) is 84.9 Å². The van der Waals surface area contributed by atoms with E-state index in [-0.39, 0.29) is 0 Å². The van der Waals surface area contributed by atoms with Crippen LogP contribution in [0.2, 0.25) is 0 Å². The van der Waals surface area contributed by atoms with E-state index in [1.807, 2.05) is 12.1 Å². The first-order chi connectivity index (χ1) is 13.4. The lowest BCUT2D eigenvalue weighted by molar-refractivity contribution is 1.47. The Bertz CT molecular complexity index is 1170. The number of hydrogen-bond donors (Lipinski definition) is 0. The van der Waals surface area contributed by atoms with Gasteiger partial charge in [-0.3, -0.25) is 0 Å². The summed E-state index contributed by atoms with van der Waals surface area (Å²) in [7, 11) is 0. The number of para-hydroxylation sites is 1. The third-order valence-electron chi connectivity index (χ3n) is 4.73. The lowest BCUT2D eigenvalue weighted by Crippen LogP contribution is -1.82. The van der Waals surface area contributed by atoms with Crippen LogP contribution in [0.1, 0.15) is 0 Å². The quantitative estimate of drug-likeness (QED) is 0.328. The number of aromatic nitrogens is 1. The smallest absolute Gasteiger partial charge is 0.124 e. The maximum Gasteiger partial charge on any atom is 0.124 e. The minimum absolute atomic E-state index is 1.07. The second kappa shape index (κ2) is 6.82. The van der Waals surface area contributed by atoms with Crippen LogP contribution in [0.3, 0.4) is 0 Å². The average molecular weight is 363 g/mol. The molecule has 27 heavy (non-hydrogen) atoms. The van der Waals surface area contributed by atoms with Crippen LogP contribution in [0, 0.1) is 0 Å². The number of fused-ring (bicyclic) bond motifs is 1. The zero-order chi connectivity index (χ0) is 18.1. The molecule has 1 heterocycles. The summed E-state index contributed by atoms with van der Waals surface area (Å²) in [6.45, 7) is 0. The molecule has 4 aromatic carbocycles. The van der Waals surface area contributed by atoms with E-state index >= 15 is 0 Å². The molecule has 2 heteroatoms. The number of thiazole rings is 1. The van der Waals surface area contributed by atoms with Crippen LogP contribution < -0.4 is 0 Å². The molecule has 0 spiro atoms. The molecule has 0 aliphatic carbocycles. The fraction of sp³-hybridized carbons (Fsp3) is 0. The van der Waals surface area contributed by atoms with Gasteiger partial charge in [0.1, 0.15) is 5.01 Å². The zero-order valence-electron chi connectivity index (χ0n) is 14.7. The van der Waals surface area contributed by atoms with Gasteiger partial charge in [0.15, 0.2) is 0 Å². The van der Waals surface area contributed by atoms with E-state index in [2.05, 4.69) is 91.0 Å². The van der Waals surface area contributed by atoms with Crippen molar-refractivity contribution in [2.75, 3.05) is 0 Å². The minimum Gasteiger partial charge on any atom is -0.236 e. The molecular formula is C25H17NS. The van der Waals surface area contributed by atoms with Crippen LogP contribution in [-0.2, 0) is 0 Å². The van der Waals surface area contributed by atoms with Crippen LogP contribution in [0.4, 0.5) is 0 Å². The second-order valence-corrected chi connectivity index (χ2v) is 7.54. The van der Waals surface area contributed by atoms with Gasteiger partial charge in [0.2, 0.25) is 0 Å². The molecule has 0 unspecified atom stereocenters. The molecule has 0 saturated carbocycles. The first-order valence-electron chi connectivity index (χ1n) is 8.99. The SMILES string of the molecule is c1ccc(-c2cccc(-c3ccc(-c4nc5ccccc5s4)cc3)c2)cc1. The highest BCUT2D eigenvalue weighted by molar-refractivity contribution is 7.21. The summed E-state index contributed by atoms with van der Waals surface area (Å²) < 4.78 is 1.23. The lowest BCUT2D eigenvalue weighted by Gasteiger charge is -2.07. The van der Waals surface area contributed by atoms with E-state index in [4.69, 9.17) is 4.98 Å². The Hall–Kier alpha value is -3.23. The Balaban J connectivity index is 1.48. The predicted octanol–water partition coefficient (Wildman–Crippen LogP) is 7.30. The standard InChI is InChI=1S/C25H17NS/c1-2-7-18(8-3-1)21-9-6-10-22(17-21)19-13-15-20(16-14-19)25-26-23-11-4-5-12-24(23)27-25/h1-17H. The summed E-state index contributed by atoms with van der Waals surface area (Å²) in [6.07, 6.45) is 0. The molecule has 1 aromatic heterocycles. The van der Waals surface area contributed by atoms with Crippen molar-refractivity contribution in [1.29, 1.82) is 0 Å².